The van der Waals surface area contributed by atoms with Crippen LogP contribution in [0.5, 0.6) is 0 Å². The third kappa shape index (κ3) is 3.13. The van der Waals surface area contributed by atoms with Crippen molar-refractivity contribution in [3.63, 3.8) is 0 Å². The summed E-state index contributed by atoms with van der Waals surface area (Å²) in [6, 6.07) is 15.7. The van der Waals surface area contributed by atoms with Crippen LogP contribution < -0.4 is 5.32 Å². The van der Waals surface area contributed by atoms with Crippen LogP contribution in [-0.4, -0.2) is 4.98 Å². The maximum Gasteiger partial charge on any atom is 0.134 e. The smallest absolute Gasteiger partial charge is 0.134 e. The van der Waals surface area contributed by atoms with Gasteiger partial charge in [-0.2, -0.15) is 5.26 Å². The van der Waals surface area contributed by atoms with E-state index in [1.165, 1.54) is 5.56 Å². The summed E-state index contributed by atoms with van der Waals surface area (Å²) in [7, 11) is 0. The maximum atomic E-state index is 8.82. The maximum absolute atomic E-state index is 8.82. The van der Waals surface area contributed by atoms with Crippen LogP contribution in [0.4, 0.5) is 5.69 Å². The molecule has 0 aliphatic carbocycles. The van der Waals surface area contributed by atoms with Crippen LogP contribution in [0.25, 0.3) is 10.9 Å². The lowest BCUT2D eigenvalue weighted by atomic mass is 10.0. The second-order valence-corrected chi connectivity index (χ2v) is 5.92. The number of nitrogens with zero attached hydrogens (tertiary/aromatic N) is 2. The number of aromatic nitrogens is 1. The van der Waals surface area contributed by atoms with Crippen molar-refractivity contribution in [2.75, 3.05) is 5.32 Å². The first-order valence-corrected chi connectivity index (χ1v) is 7.75. The monoisotopic (exact) mass is 321 g/mol. The van der Waals surface area contributed by atoms with Crippen molar-refractivity contribution in [3.05, 3.63) is 69.9 Å². The molecule has 3 rings (SSSR count). The Labute approximate surface area is 140 Å². The number of rotatable bonds is 3. The molecule has 0 saturated heterocycles. The van der Waals surface area contributed by atoms with E-state index in [1.54, 1.807) is 12.1 Å². The molecule has 0 spiro atoms. The molecule has 0 amide bonds. The van der Waals surface area contributed by atoms with Gasteiger partial charge in [-0.05, 0) is 55.3 Å². The summed E-state index contributed by atoms with van der Waals surface area (Å²) in [5, 5.41) is 13.7. The van der Waals surface area contributed by atoms with Crippen molar-refractivity contribution in [2.24, 2.45) is 0 Å². The molecule has 3 aromatic rings. The minimum atomic E-state index is 0.521. The second kappa shape index (κ2) is 6.28. The topological polar surface area (TPSA) is 48.7 Å². The SMILES string of the molecule is Cc1ccc2cc(CNc3ccc(C#N)cc3)c(Cl)nc2c1C. The van der Waals surface area contributed by atoms with Gasteiger partial charge in [0.2, 0.25) is 0 Å². The third-order valence-electron chi connectivity index (χ3n) is 4.03. The lowest BCUT2D eigenvalue weighted by Gasteiger charge is -2.11. The molecule has 1 heterocycles. The molecule has 1 aromatic heterocycles. The minimum absolute atomic E-state index is 0.521. The van der Waals surface area contributed by atoms with Crippen molar-refractivity contribution in [1.29, 1.82) is 5.26 Å². The fourth-order valence-electron chi connectivity index (χ4n) is 2.49. The van der Waals surface area contributed by atoms with Crippen LogP contribution in [-0.2, 0) is 6.54 Å². The molecule has 4 heteroatoms. The first-order chi connectivity index (χ1) is 11.1. The molecule has 2 aromatic carbocycles. The van der Waals surface area contributed by atoms with Gasteiger partial charge < -0.3 is 5.32 Å². The molecule has 0 atom stereocenters. The first-order valence-electron chi connectivity index (χ1n) is 7.38. The highest BCUT2D eigenvalue weighted by molar-refractivity contribution is 6.30. The minimum Gasteiger partial charge on any atom is -0.381 e. The lowest BCUT2D eigenvalue weighted by molar-refractivity contribution is 1.13. The highest BCUT2D eigenvalue weighted by Crippen LogP contribution is 2.25. The number of nitrogens with one attached hydrogen (secondary N) is 1. The van der Waals surface area contributed by atoms with Crippen LogP contribution in [0.15, 0.2) is 42.5 Å². The largest absolute Gasteiger partial charge is 0.381 e. The summed E-state index contributed by atoms with van der Waals surface area (Å²) >= 11 is 6.35. The Kier molecular flexibility index (Phi) is 4.18. The lowest BCUT2D eigenvalue weighted by Crippen LogP contribution is -2.02. The number of fused-ring (bicyclic) bond motifs is 1. The number of hydrogen-bond acceptors (Lipinski definition) is 3. The molecule has 0 unspecified atom stereocenters. The number of aryl methyl sites for hydroxylation is 2. The Hall–Kier alpha value is -2.57. The van der Waals surface area contributed by atoms with Crippen molar-refractivity contribution in [3.8, 4) is 6.07 Å². The van der Waals surface area contributed by atoms with Gasteiger partial charge in [-0.3, -0.25) is 0 Å². The number of hydrogen-bond donors (Lipinski definition) is 1. The van der Waals surface area contributed by atoms with E-state index in [0.717, 1.165) is 27.7 Å². The van der Waals surface area contributed by atoms with Gasteiger partial charge in [-0.25, -0.2) is 4.98 Å². The highest BCUT2D eigenvalue weighted by atomic mass is 35.5. The molecule has 0 fully saturated rings. The van der Waals surface area contributed by atoms with Crippen molar-refractivity contribution < 1.29 is 0 Å². The van der Waals surface area contributed by atoms with Gasteiger partial charge in [0.15, 0.2) is 0 Å². The average molecular weight is 322 g/mol. The van der Waals surface area contributed by atoms with Crippen LogP contribution in [0, 0.1) is 25.2 Å². The predicted octanol–water partition coefficient (Wildman–Crippen LogP) is 4.99. The average Bonchev–Trinajstić information content (AvgIpc) is 2.57. The van der Waals surface area contributed by atoms with E-state index in [4.69, 9.17) is 16.9 Å². The molecular weight excluding hydrogens is 306 g/mol. The van der Waals surface area contributed by atoms with Crippen molar-refractivity contribution in [2.45, 2.75) is 20.4 Å². The summed E-state index contributed by atoms with van der Waals surface area (Å²) in [5.74, 6) is 0. The fourth-order valence-corrected chi connectivity index (χ4v) is 2.69. The van der Waals surface area contributed by atoms with E-state index >= 15 is 0 Å². The van der Waals surface area contributed by atoms with Gasteiger partial charge in [-0.15, -0.1) is 0 Å². The molecule has 0 aliphatic heterocycles. The summed E-state index contributed by atoms with van der Waals surface area (Å²) < 4.78 is 0. The van der Waals surface area contributed by atoms with Gasteiger partial charge in [0, 0.05) is 23.2 Å². The van der Waals surface area contributed by atoms with Crippen LogP contribution in [0.1, 0.15) is 22.3 Å². The Morgan fingerprint density at radius 3 is 2.57 bits per heavy atom. The van der Waals surface area contributed by atoms with Gasteiger partial charge in [0.05, 0.1) is 17.1 Å². The number of nitriles is 1. The van der Waals surface area contributed by atoms with Crippen LogP contribution in [0.2, 0.25) is 5.15 Å². The molecule has 0 saturated carbocycles. The van der Waals surface area contributed by atoms with Gasteiger partial charge in [0.25, 0.3) is 0 Å². The van der Waals surface area contributed by atoms with E-state index in [-0.39, 0.29) is 0 Å². The Bertz CT molecular complexity index is 909. The summed E-state index contributed by atoms with van der Waals surface area (Å²) in [4.78, 5) is 4.56. The predicted molar refractivity (Wildman–Crippen MR) is 94.7 cm³/mol. The normalized spacial score (nSPS) is 10.5. The highest BCUT2D eigenvalue weighted by Gasteiger charge is 2.08. The molecule has 23 heavy (non-hydrogen) atoms. The number of benzene rings is 2. The van der Waals surface area contributed by atoms with Crippen molar-refractivity contribution in [1.82, 2.24) is 4.98 Å². The first kappa shape index (κ1) is 15.3. The molecule has 0 bridgehead atoms. The zero-order valence-electron chi connectivity index (χ0n) is 13.0. The Morgan fingerprint density at radius 2 is 1.87 bits per heavy atom. The second-order valence-electron chi connectivity index (χ2n) is 5.56. The fraction of sp³-hybridized carbons (Fsp3) is 0.158. The van der Waals surface area contributed by atoms with Gasteiger partial charge in [0.1, 0.15) is 5.15 Å². The van der Waals surface area contributed by atoms with E-state index < -0.39 is 0 Å². The van der Waals surface area contributed by atoms with E-state index in [0.29, 0.717) is 17.3 Å². The molecule has 0 aliphatic rings. The summed E-state index contributed by atoms with van der Waals surface area (Å²) in [5.41, 5.74) is 5.87. The Morgan fingerprint density at radius 1 is 1.13 bits per heavy atom. The van der Waals surface area contributed by atoms with E-state index in [9.17, 15) is 0 Å². The van der Waals surface area contributed by atoms with Crippen LogP contribution in [0.3, 0.4) is 0 Å². The van der Waals surface area contributed by atoms with Gasteiger partial charge in [-0.1, -0.05) is 23.7 Å². The molecule has 1 N–H and O–H groups in total. The molecular formula is C19H16ClN3. The van der Waals surface area contributed by atoms with E-state index in [1.807, 2.05) is 12.1 Å². The van der Waals surface area contributed by atoms with E-state index in [2.05, 4.69) is 48.4 Å². The molecule has 114 valence electrons. The zero-order valence-corrected chi connectivity index (χ0v) is 13.8. The third-order valence-corrected chi connectivity index (χ3v) is 4.36. The number of anilines is 1. The molecule has 3 nitrogen and oxygen atoms in total. The number of pyridine rings is 1. The zero-order chi connectivity index (χ0) is 16.4. The molecule has 0 radical (unpaired) electrons. The summed E-state index contributed by atoms with van der Waals surface area (Å²) in [6.45, 7) is 4.72. The standard InChI is InChI=1S/C19H16ClN3/c1-12-3-6-15-9-16(19(20)23-18(15)13(12)2)11-22-17-7-4-14(10-21)5-8-17/h3-9,22H,11H2,1-2H3. The summed E-state index contributed by atoms with van der Waals surface area (Å²) in [6.07, 6.45) is 0. The van der Waals surface area contributed by atoms with Gasteiger partial charge >= 0.3 is 0 Å². The Balaban J connectivity index is 1.86. The quantitative estimate of drug-likeness (QED) is 0.691. The van der Waals surface area contributed by atoms with Crippen LogP contribution >= 0.6 is 11.6 Å². The number of halogens is 1. The van der Waals surface area contributed by atoms with Crippen molar-refractivity contribution >= 4 is 28.2 Å².